The van der Waals surface area contributed by atoms with Crippen LogP contribution in [-0.2, 0) is 16.3 Å². The van der Waals surface area contributed by atoms with E-state index in [4.69, 9.17) is 29.2 Å². The van der Waals surface area contributed by atoms with E-state index < -0.39 is 5.97 Å². The highest BCUT2D eigenvalue weighted by Gasteiger charge is 2.02. The van der Waals surface area contributed by atoms with Crippen molar-refractivity contribution in [1.29, 1.82) is 0 Å². The smallest absolute Gasteiger partial charge is 0.334 e. The summed E-state index contributed by atoms with van der Waals surface area (Å²) < 4.78 is 7.43. The highest BCUT2D eigenvalue weighted by atomic mass is 32.1. The number of ether oxygens (including phenoxy) is 1. The quantitative estimate of drug-likeness (QED) is 0.502. The Labute approximate surface area is 97.2 Å². The molecule has 80 valence electrons. The van der Waals surface area contributed by atoms with Gasteiger partial charge >= 0.3 is 5.97 Å². The Morgan fingerprint density at radius 3 is 2.87 bits per heavy atom. The van der Waals surface area contributed by atoms with Crippen LogP contribution in [0.2, 0.25) is 0 Å². The molecule has 1 rings (SSSR count). The molecule has 1 heterocycles. The van der Waals surface area contributed by atoms with E-state index in [1.54, 1.807) is 23.8 Å². The van der Waals surface area contributed by atoms with E-state index in [9.17, 15) is 4.79 Å². The van der Waals surface area contributed by atoms with Gasteiger partial charge < -0.3 is 9.72 Å². The average molecular weight is 242 g/mol. The van der Waals surface area contributed by atoms with Gasteiger partial charge in [0.1, 0.15) is 4.64 Å². The van der Waals surface area contributed by atoms with Gasteiger partial charge in [0.2, 0.25) is 0 Å². The van der Waals surface area contributed by atoms with Gasteiger partial charge in [0, 0.05) is 11.8 Å². The first-order chi connectivity index (χ1) is 7.00. The van der Waals surface area contributed by atoms with Crippen molar-refractivity contribution in [2.24, 2.45) is 0 Å². The fourth-order valence-corrected chi connectivity index (χ4v) is 1.24. The minimum atomic E-state index is -0.445. The number of carbonyl (C=O) groups excluding carboxylic acids is 1. The molecule has 0 bridgehead atoms. The number of aromatic nitrogens is 2. The van der Waals surface area contributed by atoms with Crippen LogP contribution < -0.4 is 0 Å². The summed E-state index contributed by atoms with van der Waals surface area (Å²) in [7, 11) is 0. The highest BCUT2D eigenvalue weighted by molar-refractivity contribution is 7.72. The summed E-state index contributed by atoms with van der Waals surface area (Å²) in [6.07, 6.45) is 1.66. The largest absolute Gasteiger partial charge is 0.440 e. The zero-order valence-corrected chi connectivity index (χ0v) is 9.78. The molecule has 4 nitrogen and oxygen atoms in total. The fraction of sp³-hybridized carbons (Fsp3) is 0.222. The average Bonchev–Trinajstić information content (AvgIpc) is 2.15. The van der Waals surface area contributed by atoms with Crippen molar-refractivity contribution in [2.45, 2.75) is 13.7 Å². The maximum Gasteiger partial charge on any atom is 0.334 e. The van der Waals surface area contributed by atoms with Crippen LogP contribution in [0.3, 0.4) is 0 Å². The van der Waals surface area contributed by atoms with E-state index in [0.29, 0.717) is 15.0 Å². The number of carbonyl (C=O) groups is 1. The number of hydrogen-bond acceptors (Lipinski definition) is 4. The Morgan fingerprint density at radius 1 is 1.67 bits per heavy atom. The number of rotatable bonds is 3. The van der Waals surface area contributed by atoms with Crippen LogP contribution in [0.1, 0.15) is 6.92 Å². The summed E-state index contributed by atoms with van der Waals surface area (Å²) in [4.78, 5) is 13.9. The molecule has 0 aliphatic heterocycles. The number of esters is 1. The molecule has 0 saturated carbocycles. The zero-order chi connectivity index (χ0) is 11.4. The van der Waals surface area contributed by atoms with E-state index >= 15 is 0 Å². The lowest BCUT2D eigenvalue weighted by atomic mass is 10.4. The first-order valence-corrected chi connectivity index (χ1v) is 4.95. The molecule has 1 aromatic heterocycles. The van der Waals surface area contributed by atoms with Crippen molar-refractivity contribution >= 4 is 30.4 Å². The number of aromatic amines is 1. The van der Waals surface area contributed by atoms with Crippen LogP contribution in [0.4, 0.5) is 0 Å². The third-order valence-corrected chi connectivity index (χ3v) is 2.15. The lowest BCUT2D eigenvalue weighted by Crippen LogP contribution is -2.11. The second kappa shape index (κ2) is 4.99. The van der Waals surface area contributed by atoms with E-state index in [-0.39, 0.29) is 6.73 Å². The minimum Gasteiger partial charge on any atom is -0.440 e. The van der Waals surface area contributed by atoms with Gasteiger partial charge in [0.25, 0.3) is 0 Å². The lowest BCUT2D eigenvalue weighted by Gasteiger charge is -2.07. The molecule has 0 fully saturated rings. The molecule has 15 heavy (non-hydrogen) atoms. The SMILES string of the molecule is C=C(C)C(=O)OCn1ccc(=S)[nH]c1=S. The number of hydrogen-bond donors (Lipinski definition) is 1. The molecule has 0 amide bonds. The van der Waals surface area contributed by atoms with Gasteiger partial charge in [-0.05, 0) is 25.2 Å². The van der Waals surface area contributed by atoms with E-state index in [1.165, 1.54) is 0 Å². The van der Waals surface area contributed by atoms with Crippen molar-refractivity contribution in [3.05, 3.63) is 33.8 Å². The Balaban J connectivity index is 2.75. The third kappa shape index (κ3) is 3.41. The first kappa shape index (κ1) is 11.8. The van der Waals surface area contributed by atoms with E-state index in [0.717, 1.165) is 0 Å². The Hall–Kier alpha value is -1.27. The minimum absolute atomic E-state index is 0.0522. The molecule has 6 heteroatoms. The maximum atomic E-state index is 11.1. The molecule has 0 aliphatic carbocycles. The van der Waals surface area contributed by atoms with Gasteiger partial charge in [0.05, 0.1) is 0 Å². The van der Waals surface area contributed by atoms with Crippen molar-refractivity contribution in [3.63, 3.8) is 0 Å². The molecule has 1 N–H and O–H groups in total. The van der Waals surface area contributed by atoms with Crippen LogP contribution in [0.25, 0.3) is 0 Å². The molecular weight excluding hydrogens is 232 g/mol. The monoisotopic (exact) mass is 242 g/mol. The Bertz CT molecular complexity index is 501. The summed E-state index contributed by atoms with van der Waals surface area (Å²) in [6.45, 7) is 5.11. The zero-order valence-electron chi connectivity index (χ0n) is 8.15. The maximum absolute atomic E-state index is 11.1. The molecule has 0 aliphatic rings. The van der Waals surface area contributed by atoms with Crippen molar-refractivity contribution < 1.29 is 9.53 Å². The van der Waals surface area contributed by atoms with Gasteiger partial charge in [-0.15, -0.1) is 0 Å². The second-order valence-corrected chi connectivity index (χ2v) is 3.75. The topological polar surface area (TPSA) is 47.0 Å². The van der Waals surface area contributed by atoms with Gasteiger partial charge in [-0.25, -0.2) is 4.79 Å². The van der Waals surface area contributed by atoms with Crippen LogP contribution in [0.5, 0.6) is 0 Å². The first-order valence-electron chi connectivity index (χ1n) is 4.13. The number of nitrogens with one attached hydrogen (secondary N) is 1. The third-order valence-electron chi connectivity index (χ3n) is 1.58. The summed E-state index contributed by atoms with van der Waals surface area (Å²) in [5.41, 5.74) is 0.352. The van der Waals surface area contributed by atoms with E-state index in [2.05, 4.69) is 11.6 Å². The number of H-pyrrole nitrogens is 1. The Morgan fingerprint density at radius 2 is 2.33 bits per heavy atom. The normalized spacial score (nSPS) is 9.67. The number of nitrogens with zero attached hydrogens (tertiary/aromatic N) is 1. The molecule has 0 aromatic carbocycles. The van der Waals surface area contributed by atoms with Crippen molar-refractivity contribution in [2.75, 3.05) is 0 Å². The van der Waals surface area contributed by atoms with Crippen LogP contribution in [-0.4, -0.2) is 15.5 Å². The summed E-state index contributed by atoms with van der Waals surface area (Å²) >= 11 is 9.86. The van der Waals surface area contributed by atoms with Gasteiger partial charge in [-0.1, -0.05) is 18.8 Å². The molecule has 0 spiro atoms. The molecule has 1 aromatic rings. The standard InChI is InChI=1S/C9H10N2O2S2/c1-6(2)8(12)13-5-11-4-3-7(14)10-9(11)15/h3-4H,1,5H2,2H3,(H,10,14,15). The predicted octanol–water partition coefficient (Wildman–Crippen LogP) is 2.35. The molecule has 0 radical (unpaired) electrons. The van der Waals surface area contributed by atoms with Gasteiger partial charge in [-0.2, -0.15) is 0 Å². The van der Waals surface area contributed by atoms with Crippen molar-refractivity contribution in [1.82, 2.24) is 9.55 Å². The van der Waals surface area contributed by atoms with Crippen LogP contribution in [0, 0.1) is 9.41 Å². The van der Waals surface area contributed by atoms with Crippen molar-refractivity contribution in [3.8, 4) is 0 Å². The Kier molecular flexibility index (Phi) is 3.93. The van der Waals surface area contributed by atoms with Gasteiger partial charge in [-0.3, -0.25) is 4.57 Å². The summed E-state index contributed by atoms with van der Waals surface area (Å²) in [5, 5.41) is 0. The molecular formula is C9H10N2O2S2. The van der Waals surface area contributed by atoms with Crippen LogP contribution in [0.15, 0.2) is 24.4 Å². The van der Waals surface area contributed by atoms with Gasteiger partial charge in [0.15, 0.2) is 11.5 Å². The lowest BCUT2D eigenvalue weighted by molar-refractivity contribution is -0.142. The van der Waals surface area contributed by atoms with E-state index in [1.807, 2.05) is 0 Å². The highest BCUT2D eigenvalue weighted by Crippen LogP contribution is 1.97. The second-order valence-electron chi connectivity index (χ2n) is 2.92. The van der Waals surface area contributed by atoms with Crippen LogP contribution >= 0.6 is 24.4 Å². The molecule has 0 saturated heterocycles. The predicted molar refractivity (Wildman–Crippen MR) is 61.4 cm³/mol. The molecule has 0 unspecified atom stereocenters. The molecule has 0 atom stereocenters. The summed E-state index contributed by atoms with van der Waals surface area (Å²) in [6, 6.07) is 1.67. The summed E-state index contributed by atoms with van der Waals surface area (Å²) in [5.74, 6) is -0.445. The fourth-order valence-electron chi connectivity index (χ4n) is 0.797.